The first-order valence-electron chi connectivity index (χ1n) is 5.78. The molecule has 1 atom stereocenters. The monoisotopic (exact) mass is 298 g/mol. The van der Waals surface area contributed by atoms with E-state index in [1.807, 2.05) is 18.2 Å². The zero-order chi connectivity index (χ0) is 13.8. The van der Waals surface area contributed by atoms with E-state index in [1.165, 1.54) is 6.07 Å². The average Bonchev–Trinajstić information content (AvgIpc) is 2.41. The lowest BCUT2D eigenvalue weighted by Gasteiger charge is -2.20. The molecule has 0 aliphatic rings. The van der Waals surface area contributed by atoms with Crippen LogP contribution in [0.4, 0.5) is 10.1 Å². The maximum atomic E-state index is 14.0. The molecule has 0 saturated heterocycles. The summed E-state index contributed by atoms with van der Waals surface area (Å²) in [6, 6.07) is 11.7. The molecule has 19 heavy (non-hydrogen) atoms. The van der Waals surface area contributed by atoms with E-state index in [4.69, 9.17) is 28.9 Å². The number of halogens is 3. The number of benzene rings is 2. The molecule has 2 nitrogen and oxygen atoms in total. The molecule has 1 unspecified atom stereocenters. The van der Waals surface area contributed by atoms with Crippen molar-refractivity contribution in [3.8, 4) is 0 Å². The van der Waals surface area contributed by atoms with Crippen molar-refractivity contribution in [1.29, 1.82) is 0 Å². The van der Waals surface area contributed by atoms with Crippen LogP contribution < -0.4 is 11.1 Å². The molecule has 0 aliphatic carbocycles. The fourth-order valence-electron chi connectivity index (χ4n) is 1.82. The summed E-state index contributed by atoms with van der Waals surface area (Å²) in [7, 11) is 0. The van der Waals surface area contributed by atoms with Crippen molar-refractivity contribution in [3.63, 3.8) is 0 Å². The van der Waals surface area contributed by atoms with Gasteiger partial charge in [0, 0.05) is 12.1 Å². The minimum Gasteiger partial charge on any atom is -0.376 e. The Morgan fingerprint density at radius 2 is 1.74 bits per heavy atom. The van der Waals surface area contributed by atoms with Crippen molar-refractivity contribution in [1.82, 2.24) is 0 Å². The molecule has 5 heteroatoms. The number of para-hydroxylation sites is 1. The van der Waals surface area contributed by atoms with E-state index in [0.29, 0.717) is 16.3 Å². The quantitative estimate of drug-likeness (QED) is 0.886. The van der Waals surface area contributed by atoms with Crippen LogP contribution in [0, 0.1) is 5.82 Å². The first kappa shape index (κ1) is 14.1. The normalized spacial score (nSPS) is 12.2. The Bertz CT molecular complexity index is 575. The molecule has 0 fully saturated rings. The Kier molecular flexibility index (Phi) is 4.64. The largest absolute Gasteiger partial charge is 0.376 e. The van der Waals surface area contributed by atoms with Crippen molar-refractivity contribution in [3.05, 3.63) is 63.9 Å². The predicted molar refractivity (Wildman–Crippen MR) is 78.3 cm³/mol. The fraction of sp³-hybridized carbons (Fsp3) is 0.143. The van der Waals surface area contributed by atoms with Crippen molar-refractivity contribution >= 4 is 28.9 Å². The van der Waals surface area contributed by atoms with Gasteiger partial charge < -0.3 is 11.1 Å². The van der Waals surface area contributed by atoms with Gasteiger partial charge in [0.25, 0.3) is 0 Å². The average molecular weight is 299 g/mol. The molecule has 0 amide bonds. The van der Waals surface area contributed by atoms with Crippen LogP contribution in [0.25, 0.3) is 0 Å². The van der Waals surface area contributed by atoms with Crippen LogP contribution in [-0.4, -0.2) is 6.54 Å². The summed E-state index contributed by atoms with van der Waals surface area (Å²) in [5, 5.41) is 3.76. The molecule has 2 aromatic rings. The highest BCUT2D eigenvalue weighted by Gasteiger charge is 2.16. The van der Waals surface area contributed by atoms with Gasteiger partial charge in [-0.3, -0.25) is 0 Å². The van der Waals surface area contributed by atoms with Crippen molar-refractivity contribution in [2.75, 3.05) is 11.9 Å². The summed E-state index contributed by atoms with van der Waals surface area (Å²) in [4.78, 5) is 0. The summed E-state index contributed by atoms with van der Waals surface area (Å²) in [6.45, 7) is 0.225. The third-order valence-electron chi connectivity index (χ3n) is 2.80. The molecule has 0 aliphatic heterocycles. The molecule has 3 N–H and O–H groups in total. The third-order valence-corrected chi connectivity index (χ3v) is 3.42. The van der Waals surface area contributed by atoms with E-state index in [1.54, 1.807) is 18.2 Å². The predicted octanol–water partition coefficient (Wildman–Crippen LogP) is 4.24. The SMILES string of the molecule is NCC(Nc1ccccc1Cl)c1cccc(Cl)c1F. The molecule has 0 spiro atoms. The summed E-state index contributed by atoms with van der Waals surface area (Å²) in [5.74, 6) is -0.459. The van der Waals surface area contributed by atoms with E-state index < -0.39 is 11.9 Å². The van der Waals surface area contributed by atoms with E-state index in [0.717, 1.165) is 0 Å². The van der Waals surface area contributed by atoms with Crippen LogP contribution in [0.1, 0.15) is 11.6 Å². The van der Waals surface area contributed by atoms with Gasteiger partial charge in [-0.15, -0.1) is 0 Å². The van der Waals surface area contributed by atoms with Crippen LogP contribution in [0.5, 0.6) is 0 Å². The van der Waals surface area contributed by atoms with Gasteiger partial charge in [-0.05, 0) is 18.2 Å². The Morgan fingerprint density at radius 3 is 2.42 bits per heavy atom. The second-order valence-electron chi connectivity index (χ2n) is 4.06. The van der Waals surface area contributed by atoms with Gasteiger partial charge in [0.05, 0.1) is 21.8 Å². The Labute approximate surface area is 121 Å². The van der Waals surface area contributed by atoms with Gasteiger partial charge in [0.2, 0.25) is 0 Å². The second-order valence-corrected chi connectivity index (χ2v) is 4.87. The lowest BCUT2D eigenvalue weighted by molar-refractivity contribution is 0.594. The van der Waals surface area contributed by atoms with Crippen molar-refractivity contribution in [2.24, 2.45) is 5.73 Å². The van der Waals surface area contributed by atoms with E-state index in [2.05, 4.69) is 5.32 Å². The van der Waals surface area contributed by atoms with Gasteiger partial charge in [-0.1, -0.05) is 47.5 Å². The highest BCUT2D eigenvalue weighted by molar-refractivity contribution is 6.33. The minimum atomic E-state index is -0.459. The zero-order valence-electron chi connectivity index (χ0n) is 10.0. The molecule has 0 aromatic heterocycles. The van der Waals surface area contributed by atoms with Gasteiger partial charge >= 0.3 is 0 Å². The van der Waals surface area contributed by atoms with E-state index in [-0.39, 0.29) is 11.6 Å². The second kappa shape index (κ2) is 6.24. The highest BCUT2D eigenvalue weighted by Crippen LogP contribution is 2.28. The smallest absolute Gasteiger partial charge is 0.147 e. The maximum absolute atomic E-state index is 14.0. The molecule has 100 valence electrons. The minimum absolute atomic E-state index is 0.0805. The molecule has 2 rings (SSSR count). The molecular weight excluding hydrogens is 286 g/mol. The molecule has 0 saturated carbocycles. The highest BCUT2D eigenvalue weighted by atomic mass is 35.5. The number of hydrogen-bond acceptors (Lipinski definition) is 2. The van der Waals surface area contributed by atoms with E-state index >= 15 is 0 Å². The van der Waals surface area contributed by atoms with Gasteiger partial charge in [-0.25, -0.2) is 4.39 Å². The zero-order valence-corrected chi connectivity index (χ0v) is 11.5. The number of rotatable bonds is 4. The lowest BCUT2D eigenvalue weighted by atomic mass is 10.1. The summed E-state index contributed by atoms with van der Waals surface area (Å²) < 4.78 is 14.0. The van der Waals surface area contributed by atoms with Gasteiger partial charge in [0.15, 0.2) is 0 Å². The number of nitrogens with one attached hydrogen (secondary N) is 1. The van der Waals surface area contributed by atoms with Crippen molar-refractivity contribution < 1.29 is 4.39 Å². The van der Waals surface area contributed by atoms with Crippen LogP contribution in [0.3, 0.4) is 0 Å². The molecule has 0 bridgehead atoms. The third kappa shape index (κ3) is 3.18. The Hall–Kier alpha value is -1.29. The van der Waals surface area contributed by atoms with Gasteiger partial charge in [-0.2, -0.15) is 0 Å². The number of nitrogens with two attached hydrogens (primary N) is 1. The molecule has 2 aromatic carbocycles. The summed E-state index contributed by atoms with van der Waals surface area (Å²) >= 11 is 11.8. The van der Waals surface area contributed by atoms with E-state index in [9.17, 15) is 4.39 Å². The molecule has 0 heterocycles. The van der Waals surface area contributed by atoms with Crippen LogP contribution in [-0.2, 0) is 0 Å². The van der Waals surface area contributed by atoms with Crippen molar-refractivity contribution in [2.45, 2.75) is 6.04 Å². The number of anilines is 1. The Balaban J connectivity index is 2.31. The molecular formula is C14H13Cl2FN2. The fourth-order valence-corrected chi connectivity index (χ4v) is 2.19. The molecule has 0 radical (unpaired) electrons. The lowest BCUT2D eigenvalue weighted by Crippen LogP contribution is -2.22. The maximum Gasteiger partial charge on any atom is 0.147 e. The summed E-state index contributed by atoms with van der Waals surface area (Å²) in [5.41, 5.74) is 6.84. The van der Waals surface area contributed by atoms with Crippen LogP contribution in [0.15, 0.2) is 42.5 Å². The first-order chi connectivity index (χ1) is 9.13. The van der Waals surface area contributed by atoms with Crippen LogP contribution in [0.2, 0.25) is 10.0 Å². The van der Waals surface area contributed by atoms with Gasteiger partial charge in [0.1, 0.15) is 5.82 Å². The standard InChI is InChI=1S/C14H13Cl2FN2/c15-10-5-1-2-7-12(10)19-13(8-18)9-4-3-6-11(16)14(9)17/h1-7,13,19H,8,18H2. The Morgan fingerprint density at radius 1 is 1.05 bits per heavy atom. The number of hydrogen-bond donors (Lipinski definition) is 2. The topological polar surface area (TPSA) is 38.0 Å². The summed E-state index contributed by atoms with van der Waals surface area (Å²) in [6.07, 6.45) is 0. The van der Waals surface area contributed by atoms with Crippen LogP contribution >= 0.6 is 23.2 Å². The first-order valence-corrected chi connectivity index (χ1v) is 6.54.